The molecule has 0 bridgehead atoms. The number of carbonyl (C=O) groups excluding carboxylic acids is 2. The molecule has 0 saturated heterocycles. The van der Waals surface area contributed by atoms with Crippen molar-refractivity contribution in [2.45, 2.75) is 13.3 Å². The Labute approximate surface area is 213 Å². The summed E-state index contributed by atoms with van der Waals surface area (Å²) in [5, 5.41) is 5.82. The lowest BCUT2D eigenvalue weighted by molar-refractivity contribution is 0.101. The van der Waals surface area contributed by atoms with E-state index in [1.165, 1.54) is 5.56 Å². The fraction of sp³-hybridized carbons (Fsp3) is 0.103. The molecule has 0 aliphatic carbocycles. The summed E-state index contributed by atoms with van der Waals surface area (Å²) in [4.78, 5) is 25.2. The van der Waals surface area contributed by atoms with Gasteiger partial charge in [-0.3, -0.25) is 9.59 Å². The molecule has 2 amide bonds. The molecule has 0 atom stereocenters. The number of rotatable bonds is 8. The van der Waals surface area contributed by atoms with Crippen molar-refractivity contribution in [1.29, 1.82) is 0 Å². The van der Waals surface area contributed by atoms with Crippen molar-refractivity contribution in [2.75, 3.05) is 17.2 Å². The first kappa shape index (κ1) is 24.2. The van der Waals surface area contributed by atoms with Gasteiger partial charge in [0.25, 0.3) is 11.8 Å². The van der Waals surface area contributed by atoms with Gasteiger partial charge in [-0.15, -0.1) is 0 Å². The third-order valence-corrected chi connectivity index (χ3v) is 6.07. The van der Waals surface area contributed by atoms with Crippen molar-refractivity contribution in [3.8, 4) is 5.75 Å². The number of anilines is 2. The third-order valence-electron chi connectivity index (χ3n) is 5.45. The first-order chi connectivity index (χ1) is 17.0. The smallest absolute Gasteiger partial charge is 0.255 e. The SMILES string of the molecule is Cc1cc(NC(=O)c2ccc(OCCc3ccccc3)c(Br)c2)ccc1NC(=O)c1ccccc1. The zero-order valence-corrected chi connectivity index (χ0v) is 20.8. The van der Waals surface area contributed by atoms with Crippen LogP contribution in [0.3, 0.4) is 0 Å². The van der Waals surface area contributed by atoms with E-state index >= 15 is 0 Å². The van der Waals surface area contributed by atoms with Crippen molar-refractivity contribution in [3.05, 3.63) is 124 Å². The third kappa shape index (κ3) is 6.58. The summed E-state index contributed by atoms with van der Waals surface area (Å²) in [6.45, 7) is 2.43. The Morgan fingerprint density at radius 1 is 0.771 bits per heavy atom. The molecule has 176 valence electrons. The van der Waals surface area contributed by atoms with Gasteiger partial charge in [-0.2, -0.15) is 0 Å². The fourth-order valence-electron chi connectivity index (χ4n) is 3.55. The van der Waals surface area contributed by atoms with E-state index in [1.54, 1.807) is 42.5 Å². The molecule has 5 nitrogen and oxygen atoms in total. The van der Waals surface area contributed by atoms with E-state index in [2.05, 4.69) is 38.7 Å². The average molecular weight is 529 g/mol. The highest BCUT2D eigenvalue weighted by atomic mass is 79.9. The van der Waals surface area contributed by atoms with Crippen LogP contribution in [0.2, 0.25) is 0 Å². The van der Waals surface area contributed by atoms with Gasteiger partial charge in [-0.05, 0) is 82.5 Å². The quantitative estimate of drug-likeness (QED) is 0.261. The Morgan fingerprint density at radius 2 is 1.46 bits per heavy atom. The molecule has 0 heterocycles. The Morgan fingerprint density at radius 3 is 2.14 bits per heavy atom. The predicted octanol–water partition coefficient (Wildman–Crippen LogP) is 6.88. The summed E-state index contributed by atoms with van der Waals surface area (Å²) in [5.74, 6) is 0.273. The number of ether oxygens (including phenoxy) is 1. The Bertz CT molecular complexity index is 1320. The van der Waals surface area contributed by atoms with Crippen LogP contribution in [0.5, 0.6) is 5.75 Å². The highest BCUT2D eigenvalue weighted by molar-refractivity contribution is 9.10. The predicted molar refractivity (Wildman–Crippen MR) is 143 cm³/mol. The Hall–Kier alpha value is -3.90. The second-order valence-electron chi connectivity index (χ2n) is 8.03. The van der Waals surface area contributed by atoms with Crippen LogP contribution >= 0.6 is 15.9 Å². The summed E-state index contributed by atoms with van der Waals surface area (Å²) >= 11 is 3.51. The summed E-state index contributed by atoms with van der Waals surface area (Å²) in [6, 6.07) is 29.8. The molecule has 0 aliphatic heterocycles. The number of carbonyl (C=O) groups is 2. The van der Waals surface area contributed by atoms with Gasteiger partial charge >= 0.3 is 0 Å². The van der Waals surface area contributed by atoms with E-state index in [-0.39, 0.29) is 11.8 Å². The van der Waals surface area contributed by atoms with Crippen LogP contribution in [0.15, 0.2) is 102 Å². The number of nitrogens with one attached hydrogen (secondary N) is 2. The van der Waals surface area contributed by atoms with Crippen LogP contribution in [0.25, 0.3) is 0 Å². The number of hydrogen-bond acceptors (Lipinski definition) is 3. The Kier molecular flexibility index (Phi) is 7.95. The molecule has 0 radical (unpaired) electrons. The number of halogens is 1. The second kappa shape index (κ2) is 11.5. The zero-order valence-electron chi connectivity index (χ0n) is 19.3. The maximum Gasteiger partial charge on any atom is 0.255 e. The minimum Gasteiger partial charge on any atom is -0.492 e. The number of aryl methyl sites for hydroxylation is 1. The van der Waals surface area contributed by atoms with Crippen LogP contribution in [0.1, 0.15) is 31.8 Å². The van der Waals surface area contributed by atoms with Crippen molar-refractivity contribution in [3.63, 3.8) is 0 Å². The second-order valence-corrected chi connectivity index (χ2v) is 8.89. The maximum absolute atomic E-state index is 12.8. The van der Waals surface area contributed by atoms with E-state index in [0.29, 0.717) is 39.3 Å². The average Bonchev–Trinajstić information content (AvgIpc) is 2.87. The molecule has 0 aromatic heterocycles. The molecule has 4 rings (SSSR count). The van der Waals surface area contributed by atoms with Crippen LogP contribution in [-0.4, -0.2) is 18.4 Å². The van der Waals surface area contributed by atoms with E-state index < -0.39 is 0 Å². The van der Waals surface area contributed by atoms with Crippen molar-refractivity contribution in [2.24, 2.45) is 0 Å². The lowest BCUT2D eigenvalue weighted by Crippen LogP contribution is -2.14. The minimum absolute atomic E-state index is 0.179. The first-order valence-electron chi connectivity index (χ1n) is 11.2. The van der Waals surface area contributed by atoms with E-state index in [4.69, 9.17) is 4.74 Å². The lowest BCUT2D eigenvalue weighted by atomic mass is 10.1. The fourth-order valence-corrected chi connectivity index (χ4v) is 4.04. The lowest BCUT2D eigenvalue weighted by Gasteiger charge is -2.12. The molecule has 0 spiro atoms. The van der Waals surface area contributed by atoms with Crippen LogP contribution in [0.4, 0.5) is 11.4 Å². The van der Waals surface area contributed by atoms with Gasteiger partial charge in [0.1, 0.15) is 5.75 Å². The molecule has 0 fully saturated rings. The van der Waals surface area contributed by atoms with Gasteiger partial charge in [0.15, 0.2) is 0 Å². The Balaban J connectivity index is 1.35. The zero-order chi connectivity index (χ0) is 24.6. The molecule has 4 aromatic carbocycles. The van der Waals surface area contributed by atoms with Gasteiger partial charge < -0.3 is 15.4 Å². The van der Waals surface area contributed by atoms with Gasteiger partial charge in [0.05, 0.1) is 11.1 Å². The van der Waals surface area contributed by atoms with Crippen molar-refractivity contribution < 1.29 is 14.3 Å². The van der Waals surface area contributed by atoms with Crippen LogP contribution in [0, 0.1) is 6.92 Å². The van der Waals surface area contributed by atoms with Crippen LogP contribution < -0.4 is 15.4 Å². The van der Waals surface area contributed by atoms with Crippen LogP contribution in [-0.2, 0) is 6.42 Å². The van der Waals surface area contributed by atoms with E-state index in [1.807, 2.05) is 49.4 Å². The highest BCUT2D eigenvalue weighted by Crippen LogP contribution is 2.27. The molecular formula is C29H25BrN2O3. The molecule has 0 aliphatic rings. The molecule has 0 unspecified atom stereocenters. The molecule has 35 heavy (non-hydrogen) atoms. The summed E-state index contributed by atoms with van der Waals surface area (Å²) in [7, 11) is 0. The van der Waals surface area contributed by atoms with Crippen molar-refractivity contribution in [1.82, 2.24) is 0 Å². The van der Waals surface area contributed by atoms with E-state index in [9.17, 15) is 9.59 Å². The maximum atomic E-state index is 12.8. The van der Waals surface area contributed by atoms with Crippen molar-refractivity contribution >= 4 is 39.1 Å². The molecule has 4 aromatic rings. The van der Waals surface area contributed by atoms with Gasteiger partial charge in [0, 0.05) is 28.9 Å². The standard InChI is InChI=1S/C29H25BrN2O3/c1-20-18-24(13-14-26(20)32-28(33)22-10-6-3-7-11-22)31-29(34)23-12-15-27(25(30)19-23)35-17-16-21-8-4-2-5-9-21/h2-15,18-19H,16-17H2,1H3,(H,31,34)(H,32,33). The number of benzene rings is 4. The highest BCUT2D eigenvalue weighted by Gasteiger charge is 2.12. The summed E-state index contributed by atoms with van der Waals surface area (Å²) in [6.07, 6.45) is 0.802. The molecule has 0 saturated carbocycles. The monoisotopic (exact) mass is 528 g/mol. The largest absolute Gasteiger partial charge is 0.492 e. The summed E-state index contributed by atoms with van der Waals surface area (Å²) in [5.41, 5.74) is 4.48. The topological polar surface area (TPSA) is 67.4 Å². The normalized spacial score (nSPS) is 10.5. The molecule has 6 heteroatoms. The molecular weight excluding hydrogens is 504 g/mol. The van der Waals surface area contributed by atoms with Gasteiger partial charge in [-0.25, -0.2) is 0 Å². The number of amides is 2. The van der Waals surface area contributed by atoms with Gasteiger partial charge in [-0.1, -0.05) is 48.5 Å². The first-order valence-corrected chi connectivity index (χ1v) is 12.0. The van der Waals surface area contributed by atoms with E-state index in [0.717, 1.165) is 12.0 Å². The molecule has 2 N–H and O–H groups in total. The minimum atomic E-state index is -0.234. The number of hydrogen-bond donors (Lipinski definition) is 2. The van der Waals surface area contributed by atoms with Gasteiger partial charge in [0.2, 0.25) is 0 Å². The summed E-state index contributed by atoms with van der Waals surface area (Å²) < 4.78 is 6.59.